The molecule has 10 heteroatoms. The minimum atomic E-state index is -4.20. The molecule has 4 aromatic rings. The number of rotatable bonds is 13. The number of sulfonamides is 1. The molecule has 248 valence electrons. The lowest BCUT2D eigenvalue weighted by Crippen LogP contribution is -2.56. The Morgan fingerprint density at radius 3 is 2.04 bits per heavy atom. The van der Waals surface area contributed by atoms with E-state index in [0.29, 0.717) is 18.0 Å². The van der Waals surface area contributed by atoms with Gasteiger partial charge in [0.05, 0.1) is 17.2 Å². The molecule has 8 nitrogen and oxygen atoms in total. The van der Waals surface area contributed by atoms with Gasteiger partial charge in [-0.3, -0.25) is 13.9 Å². The van der Waals surface area contributed by atoms with Crippen LogP contribution >= 0.6 is 15.9 Å². The fraction of sp³-hybridized carbons (Fsp3) is 0.297. The van der Waals surface area contributed by atoms with Gasteiger partial charge in [0.1, 0.15) is 18.3 Å². The summed E-state index contributed by atoms with van der Waals surface area (Å²) < 4.78 is 36.0. The van der Waals surface area contributed by atoms with Gasteiger partial charge in [-0.15, -0.1) is 0 Å². The van der Waals surface area contributed by atoms with E-state index < -0.39 is 34.1 Å². The Kier molecular flexibility index (Phi) is 11.9. The zero-order valence-electron chi connectivity index (χ0n) is 27.4. The van der Waals surface area contributed by atoms with E-state index in [-0.39, 0.29) is 23.8 Å². The van der Waals surface area contributed by atoms with Crippen molar-refractivity contribution in [2.45, 2.75) is 64.1 Å². The van der Waals surface area contributed by atoms with Gasteiger partial charge in [0, 0.05) is 23.0 Å². The van der Waals surface area contributed by atoms with E-state index in [1.807, 2.05) is 89.2 Å². The predicted octanol–water partition coefficient (Wildman–Crippen LogP) is 6.91. The van der Waals surface area contributed by atoms with Crippen LogP contribution in [0.5, 0.6) is 5.75 Å². The molecular weight excluding hydrogens is 678 g/mol. The van der Waals surface area contributed by atoms with Crippen LogP contribution in [0.4, 0.5) is 5.69 Å². The Hall–Kier alpha value is -4.15. The quantitative estimate of drug-likeness (QED) is 0.162. The molecule has 0 heterocycles. The standard InChI is InChI=1S/C37H42BrN3O5S/c1-6-46-32-20-18-31(19-21-32)41(47(44,45)33-22-12-27(2)13-23-33)26-35(42)40(25-29-14-16-30(38)17-15-29)34(36(43)39-37(3,4)5)24-28-10-8-7-9-11-28/h7-23,34H,6,24-26H2,1-5H3,(H,39,43). The molecule has 1 unspecified atom stereocenters. The van der Waals surface area contributed by atoms with Crippen molar-refractivity contribution >= 4 is 43.5 Å². The third kappa shape index (κ3) is 9.92. The maximum atomic E-state index is 14.6. The number of benzene rings is 4. The van der Waals surface area contributed by atoms with Crippen molar-refractivity contribution < 1.29 is 22.7 Å². The van der Waals surface area contributed by atoms with Gasteiger partial charge in [0.15, 0.2) is 0 Å². The smallest absolute Gasteiger partial charge is 0.264 e. The van der Waals surface area contributed by atoms with E-state index in [2.05, 4.69) is 21.2 Å². The van der Waals surface area contributed by atoms with Gasteiger partial charge in [0.2, 0.25) is 11.8 Å². The molecule has 0 bridgehead atoms. The van der Waals surface area contributed by atoms with Gasteiger partial charge >= 0.3 is 0 Å². The zero-order chi connectivity index (χ0) is 34.2. The van der Waals surface area contributed by atoms with Crippen LogP contribution in [0, 0.1) is 6.92 Å². The van der Waals surface area contributed by atoms with Crippen molar-refractivity contribution in [3.05, 3.63) is 124 Å². The number of aryl methyl sites for hydroxylation is 1. The van der Waals surface area contributed by atoms with Crippen LogP contribution in [0.15, 0.2) is 112 Å². The molecule has 4 aromatic carbocycles. The monoisotopic (exact) mass is 719 g/mol. The summed E-state index contributed by atoms with van der Waals surface area (Å²) in [6.45, 7) is 9.39. The lowest BCUT2D eigenvalue weighted by atomic mass is 10.0. The fourth-order valence-electron chi connectivity index (χ4n) is 5.03. The lowest BCUT2D eigenvalue weighted by molar-refractivity contribution is -0.140. The minimum absolute atomic E-state index is 0.0514. The van der Waals surface area contributed by atoms with Gasteiger partial charge in [0.25, 0.3) is 10.0 Å². The number of nitrogens with one attached hydrogen (secondary N) is 1. The summed E-state index contributed by atoms with van der Waals surface area (Å²) in [5, 5.41) is 3.05. The van der Waals surface area contributed by atoms with Crippen LogP contribution in [0.2, 0.25) is 0 Å². The Morgan fingerprint density at radius 1 is 0.851 bits per heavy atom. The second-order valence-corrected chi connectivity index (χ2v) is 15.1. The highest BCUT2D eigenvalue weighted by Crippen LogP contribution is 2.27. The van der Waals surface area contributed by atoms with Crippen LogP contribution in [-0.2, 0) is 32.6 Å². The fourth-order valence-corrected chi connectivity index (χ4v) is 6.71. The third-order valence-corrected chi connectivity index (χ3v) is 9.68. The van der Waals surface area contributed by atoms with Crippen LogP contribution in [0.3, 0.4) is 0 Å². The molecule has 47 heavy (non-hydrogen) atoms. The summed E-state index contributed by atoms with van der Waals surface area (Å²) in [4.78, 5) is 30.1. The number of amides is 2. The second kappa shape index (κ2) is 15.6. The van der Waals surface area contributed by atoms with E-state index in [1.54, 1.807) is 36.4 Å². The molecule has 0 aliphatic heterocycles. The Labute approximate surface area is 286 Å². The number of carbonyl (C=O) groups is 2. The van der Waals surface area contributed by atoms with Crippen LogP contribution in [-0.4, -0.2) is 49.9 Å². The van der Waals surface area contributed by atoms with Crippen molar-refractivity contribution in [2.24, 2.45) is 0 Å². The van der Waals surface area contributed by atoms with Crippen molar-refractivity contribution in [2.75, 3.05) is 17.5 Å². The van der Waals surface area contributed by atoms with Crippen LogP contribution in [0.25, 0.3) is 0 Å². The summed E-state index contributed by atoms with van der Waals surface area (Å²) >= 11 is 3.46. The summed E-state index contributed by atoms with van der Waals surface area (Å²) in [6.07, 6.45) is 0.235. The molecule has 0 aliphatic rings. The second-order valence-electron chi connectivity index (χ2n) is 12.3. The zero-order valence-corrected chi connectivity index (χ0v) is 29.8. The normalized spacial score (nSPS) is 12.2. The maximum absolute atomic E-state index is 14.6. The number of hydrogen-bond donors (Lipinski definition) is 1. The molecule has 0 saturated heterocycles. The van der Waals surface area contributed by atoms with E-state index in [1.165, 1.54) is 17.0 Å². The van der Waals surface area contributed by atoms with E-state index in [0.717, 1.165) is 25.5 Å². The molecule has 0 radical (unpaired) electrons. The Bertz CT molecular complexity index is 1740. The van der Waals surface area contributed by atoms with Crippen LogP contribution in [0.1, 0.15) is 44.4 Å². The molecule has 0 spiro atoms. The molecular formula is C37H42BrN3O5S. The lowest BCUT2D eigenvalue weighted by Gasteiger charge is -2.35. The molecule has 0 aromatic heterocycles. The number of nitrogens with zero attached hydrogens (tertiary/aromatic N) is 2. The molecule has 1 N–H and O–H groups in total. The van der Waals surface area contributed by atoms with Crippen molar-refractivity contribution in [1.29, 1.82) is 0 Å². The van der Waals surface area contributed by atoms with Gasteiger partial charge < -0.3 is 15.0 Å². The summed E-state index contributed by atoms with van der Waals surface area (Å²) in [5.74, 6) is -0.280. The average molecular weight is 721 g/mol. The summed E-state index contributed by atoms with van der Waals surface area (Å²) in [6, 6.07) is 29.1. The van der Waals surface area contributed by atoms with Crippen molar-refractivity contribution in [3.8, 4) is 5.75 Å². The molecule has 2 amide bonds. The summed E-state index contributed by atoms with van der Waals surface area (Å²) in [5.41, 5.74) is 2.29. The van der Waals surface area contributed by atoms with E-state index in [4.69, 9.17) is 4.74 Å². The van der Waals surface area contributed by atoms with E-state index >= 15 is 0 Å². The molecule has 0 fully saturated rings. The number of ether oxygens (including phenoxy) is 1. The first-order valence-corrected chi connectivity index (χ1v) is 17.7. The highest BCUT2D eigenvalue weighted by atomic mass is 79.9. The third-order valence-electron chi connectivity index (χ3n) is 7.36. The van der Waals surface area contributed by atoms with Crippen molar-refractivity contribution in [3.63, 3.8) is 0 Å². The van der Waals surface area contributed by atoms with Gasteiger partial charge in [-0.05, 0) is 94.3 Å². The molecule has 0 saturated carbocycles. The first-order valence-electron chi connectivity index (χ1n) is 15.5. The number of carbonyl (C=O) groups excluding carboxylic acids is 2. The van der Waals surface area contributed by atoms with Gasteiger partial charge in [-0.25, -0.2) is 8.42 Å². The van der Waals surface area contributed by atoms with Crippen LogP contribution < -0.4 is 14.4 Å². The van der Waals surface area contributed by atoms with Gasteiger partial charge in [-0.1, -0.05) is 76.1 Å². The number of anilines is 1. The Balaban J connectivity index is 1.81. The molecule has 1 atom stereocenters. The first-order chi connectivity index (χ1) is 22.3. The SMILES string of the molecule is CCOc1ccc(N(CC(=O)N(Cc2ccc(Br)cc2)C(Cc2ccccc2)C(=O)NC(C)(C)C)S(=O)(=O)c2ccc(C)cc2)cc1. The van der Waals surface area contributed by atoms with Crippen molar-refractivity contribution in [1.82, 2.24) is 10.2 Å². The highest BCUT2D eigenvalue weighted by Gasteiger charge is 2.35. The molecule has 0 aliphatic carbocycles. The van der Waals surface area contributed by atoms with Gasteiger partial charge in [-0.2, -0.15) is 0 Å². The molecule has 4 rings (SSSR count). The largest absolute Gasteiger partial charge is 0.494 e. The summed E-state index contributed by atoms with van der Waals surface area (Å²) in [7, 11) is -4.20. The predicted molar refractivity (Wildman–Crippen MR) is 190 cm³/mol. The Morgan fingerprint density at radius 2 is 1.47 bits per heavy atom. The average Bonchev–Trinajstić information content (AvgIpc) is 3.03. The topological polar surface area (TPSA) is 96.0 Å². The number of halogens is 1. The van der Waals surface area contributed by atoms with E-state index in [9.17, 15) is 18.0 Å². The number of hydrogen-bond acceptors (Lipinski definition) is 5. The highest BCUT2D eigenvalue weighted by molar-refractivity contribution is 9.10. The first kappa shape index (κ1) is 35.7. The minimum Gasteiger partial charge on any atom is -0.494 e. The maximum Gasteiger partial charge on any atom is 0.264 e.